The highest BCUT2D eigenvalue weighted by molar-refractivity contribution is 6.31. The molecular weight excluding hydrogens is 448 g/mol. The van der Waals surface area contributed by atoms with E-state index in [1.165, 1.54) is 32.1 Å². The predicted octanol–water partition coefficient (Wildman–Crippen LogP) is 5.21. The van der Waals surface area contributed by atoms with Gasteiger partial charge in [0.05, 0.1) is 5.52 Å². The van der Waals surface area contributed by atoms with Gasteiger partial charge < -0.3 is 9.80 Å². The van der Waals surface area contributed by atoms with Crippen molar-refractivity contribution in [1.29, 1.82) is 0 Å². The van der Waals surface area contributed by atoms with Gasteiger partial charge in [-0.05, 0) is 50.8 Å². The van der Waals surface area contributed by atoms with Gasteiger partial charge >= 0.3 is 0 Å². The van der Waals surface area contributed by atoms with E-state index in [0.29, 0.717) is 16.8 Å². The first kappa shape index (κ1) is 22.1. The van der Waals surface area contributed by atoms with Gasteiger partial charge in [0.2, 0.25) is 11.9 Å². The molecule has 7 nitrogen and oxygen atoms in total. The van der Waals surface area contributed by atoms with Crippen LogP contribution in [-0.2, 0) is 4.79 Å². The Morgan fingerprint density at radius 3 is 2.53 bits per heavy atom. The molecule has 1 amide bonds. The zero-order valence-corrected chi connectivity index (χ0v) is 20.7. The molecule has 34 heavy (non-hydrogen) atoms. The summed E-state index contributed by atoms with van der Waals surface area (Å²) in [5, 5.41) is 11.0. The lowest BCUT2D eigenvalue weighted by Gasteiger charge is -2.41. The summed E-state index contributed by atoms with van der Waals surface area (Å²) >= 11 is 6.33. The molecule has 0 radical (unpaired) electrons. The number of carbonyl (C=O) groups excluding carboxylic acids is 1. The molecule has 180 valence electrons. The number of fused-ring (bicyclic) bond motifs is 3. The van der Waals surface area contributed by atoms with Gasteiger partial charge in [-0.25, -0.2) is 9.38 Å². The smallest absolute Gasteiger partial charge is 0.226 e. The average molecular weight is 481 g/mol. The molecule has 0 spiro atoms. The van der Waals surface area contributed by atoms with Crippen molar-refractivity contribution in [3.63, 3.8) is 0 Å². The summed E-state index contributed by atoms with van der Waals surface area (Å²) in [5.41, 5.74) is 1.70. The highest BCUT2D eigenvalue weighted by Gasteiger charge is 2.35. The number of anilines is 1. The lowest BCUT2D eigenvalue weighted by atomic mass is 9.89. The minimum atomic E-state index is 0.142. The fraction of sp³-hybridized carbons (Fsp3) is 0.615. The van der Waals surface area contributed by atoms with Crippen LogP contribution in [0.2, 0.25) is 5.02 Å². The number of rotatable bonds is 3. The van der Waals surface area contributed by atoms with Crippen molar-refractivity contribution in [2.75, 3.05) is 24.5 Å². The monoisotopic (exact) mass is 480 g/mol. The molecule has 3 aliphatic rings. The Morgan fingerprint density at radius 2 is 1.76 bits per heavy atom. The van der Waals surface area contributed by atoms with E-state index in [0.717, 1.165) is 73.6 Å². The lowest BCUT2D eigenvalue weighted by molar-refractivity contribution is -0.137. The van der Waals surface area contributed by atoms with Crippen molar-refractivity contribution in [3.05, 3.63) is 29.0 Å². The maximum absolute atomic E-state index is 13.1. The van der Waals surface area contributed by atoms with E-state index in [9.17, 15) is 4.79 Å². The quantitative estimate of drug-likeness (QED) is 0.515. The van der Waals surface area contributed by atoms with Crippen LogP contribution in [0.25, 0.3) is 16.6 Å². The molecule has 6 rings (SSSR count). The minimum Gasteiger partial charge on any atom is -0.338 e. The third-order valence-electron chi connectivity index (χ3n) is 8.18. The van der Waals surface area contributed by atoms with E-state index in [2.05, 4.69) is 26.2 Å². The van der Waals surface area contributed by atoms with Crippen molar-refractivity contribution in [1.82, 2.24) is 24.5 Å². The fourth-order valence-corrected chi connectivity index (χ4v) is 6.49. The van der Waals surface area contributed by atoms with Gasteiger partial charge in [-0.3, -0.25) is 4.79 Å². The van der Waals surface area contributed by atoms with Crippen LogP contribution in [0.1, 0.15) is 76.5 Å². The summed E-state index contributed by atoms with van der Waals surface area (Å²) in [4.78, 5) is 22.7. The molecule has 3 fully saturated rings. The van der Waals surface area contributed by atoms with Gasteiger partial charge in [-0.2, -0.15) is 0 Å². The summed E-state index contributed by atoms with van der Waals surface area (Å²) in [6.07, 6.45) is 10.5. The summed E-state index contributed by atoms with van der Waals surface area (Å²) in [6, 6.07) is 5.96. The third kappa shape index (κ3) is 3.82. The largest absolute Gasteiger partial charge is 0.338 e. The first-order valence-electron chi connectivity index (χ1n) is 13.0. The van der Waals surface area contributed by atoms with Gasteiger partial charge in [0.1, 0.15) is 5.82 Å². The Bertz CT molecular complexity index is 1210. The number of halogens is 1. The number of aromatic nitrogens is 4. The van der Waals surface area contributed by atoms with Crippen LogP contribution < -0.4 is 4.90 Å². The third-order valence-corrected chi connectivity index (χ3v) is 8.41. The van der Waals surface area contributed by atoms with Gasteiger partial charge in [0, 0.05) is 47.9 Å². The molecule has 0 unspecified atom stereocenters. The summed E-state index contributed by atoms with van der Waals surface area (Å²) in [7, 11) is 0. The molecule has 1 aromatic carbocycles. The lowest BCUT2D eigenvalue weighted by Crippen LogP contribution is -2.55. The highest BCUT2D eigenvalue weighted by Crippen LogP contribution is 2.36. The molecule has 1 aliphatic heterocycles. The standard InChI is InChI=1S/C26H33ClN6O/c1-17-16-31(13-14-32(17)25(34)19-9-5-6-10-19)26-28-22-15-20(27)11-12-21(22)24-30-29-23(33(24)26)18-7-3-2-4-8-18/h11-12,15,17-19H,2-10,13-14,16H2,1H3/t17-/m1/s1. The molecule has 1 atom stereocenters. The van der Waals surface area contributed by atoms with Crippen LogP contribution in [0.3, 0.4) is 0 Å². The second-order valence-electron chi connectivity index (χ2n) is 10.4. The van der Waals surface area contributed by atoms with E-state index < -0.39 is 0 Å². The van der Waals surface area contributed by atoms with Gasteiger partial charge in [-0.1, -0.05) is 43.7 Å². The van der Waals surface area contributed by atoms with Crippen LogP contribution in [0.4, 0.5) is 5.95 Å². The highest BCUT2D eigenvalue weighted by atomic mass is 35.5. The molecule has 8 heteroatoms. The molecular formula is C26H33ClN6O. The van der Waals surface area contributed by atoms with Crippen molar-refractivity contribution in [2.45, 2.75) is 76.7 Å². The van der Waals surface area contributed by atoms with Crippen molar-refractivity contribution < 1.29 is 4.79 Å². The number of nitrogens with zero attached hydrogens (tertiary/aromatic N) is 6. The molecule has 0 N–H and O–H groups in total. The number of benzene rings is 1. The summed E-state index contributed by atoms with van der Waals surface area (Å²) < 4.78 is 2.20. The van der Waals surface area contributed by atoms with Crippen LogP contribution in [0, 0.1) is 5.92 Å². The number of carbonyl (C=O) groups is 1. The Hall–Kier alpha value is -2.41. The Morgan fingerprint density at radius 1 is 1.00 bits per heavy atom. The molecule has 3 aromatic rings. The van der Waals surface area contributed by atoms with E-state index in [1.54, 1.807) is 0 Å². The Balaban J connectivity index is 1.39. The maximum Gasteiger partial charge on any atom is 0.226 e. The molecule has 0 bridgehead atoms. The van der Waals surface area contributed by atoms with Crippen molar-refractivity contribution in [3.8, 4) is 0 Å². The zero-order valence-electron chi connectivity index (χ0n) is 19.9. The van der Waals surface area contributed by atoms with Crippen LogP contribution in [0.5, 0.6) is 0 Å². The predicted molar refractivity (Wildman–Crippen MR) is 134 cm³/mol. The number of hydrogen-bond donors (Lipinski definition) is 0. The maximum atomic E-state index is 13.1. The number of piperazine rings is 1. The SMILES string of the molecule is C[C@@H]1CN(c2nc3cc(Cl)ccc3c3nnc(C4CCCCC4)n23)CCN1C(=O)C1CCCC1. The first-order valence-corrected chi connectivity index (χ1v) is 13.4. The topological polar surface area (TPSA) is 66.6 Å². The number of hydrogen-bond acceptors (Lipinski definition) is 5. The van der Waals surface area contributed by atoms with Gasteiger partial charge in [-0.15, -0.1) is 10.2 Å². The van der Waals surface area contributed by atoms with Crippen LogP contribution in [0.15, 0.2) is 18.2 Å². The van der Waals surface area contributed by atoms with Crippen LogP contribution in [-0.4, -0.2) is 56.1 Å². The minimum absolute atomic E-state index is 0.142. The molecule has 2 aliphatic carbocycles. The normalized spacial score (nSPS) is 22.8. The van der Waals surface area contributed by atoms with E-state index in [-0.39, 0.29) is 12.0 Å². The molecule has 3 heterocycles. The summed E-state index contributed by atoms with van der Waals surface area (Å²) in [5.74, 6) is 2.90. The van der Waals surface area contributed by atoms with Crippen molar-refractivity contribution in [2.24, 2.45) is 5.92 Å². The second-order valence-corrected chi connectivity index (χ2v) is 10.9. The Kier molecular flexibility index (Phi) is 5.84. The van der Waals surface area contributed by atoms with Crippen LogP contribution >= 0.6 is 11.6 Å². The Labute approximate surface area is 205 Å². The van der Waals surface area contributed by atoms with E-state index in [4.69, 9.17) is 21.7 Å². The van der Waals surface area contributed by atoms with E-state index in [1.807, 2.05) is 18.2 Å². The van der Waals surface area contributed by atoms with Crippen molar-refractivity contribution >= 4 is 40.0 Å². The average Bonchev–Trinajstić information content (AvgIpc) is 3.54. The van der Waals surface area contributed by atoms with E-state index >= 15 is 0 Å². The molecule has 1 saturated heterocycles. The second kappa shape index (κ2) is 8.99. The first-order chi connectivity index (χ1) is 16.6. The molecule has 2 aromatic heterocycles. The summed E-state index contributed by atoms with van der Waals surface area (Å²) in [6.45, 7) is 4.42. The molecule has 2 saturated carbocycles. The van der Waals surface area contributed by atoms with Gasteiger partial charge in [0.25, 0.3) is 0 Å². The zero-order chi connectivity index (χ0) is 23.2. The van der Waals surface area contributed by atoms with Gasteiger partial charge in [0.15, 0.2) is 5.65 Å². The fourth-order valence-electron chi connectivity index (χ4n) is 6.32. The number of amides is 1.